The minimum absolute atomic E-state index is 0.0879. The number of fused-ring (bicyclic) bond motifs is 4. The van der Waals surface area contributed by atoms with E-state index in [-0.39, 0.29) is 33.5 Å². The fourth-order valence-corrected chi connectivity index (χ4v) is 6.01. The maximum absolute atomic E-state index is 14.4. The first kappa shape index (κ1) is 23.0. The highest BCUT2D eigenvalue weighted by Crippen LogP contribution is 2.54. The first-order valence-corrected chi connectivity index (χ1v) is 12.0. The number of benzene rings is 3. The van der Waals surface area contributed by atoms with Crippen molar-refractivity contribution in [2.45, 2.75) is 18.0 Å². The summed E-state index contributed by atoms with van der Waals surface area (Å²) in [6.45, 7) is 0. The van der Waals surface area contributed by atoms with Crippen molar-refractivity contribution in [1.82, 2.24) is 5.32 Å². The Morgan fingerprint density at radius 3 is 2.42 bits per heavy atom. The first-order valence-electron chi connectivity index (χ1n) is 11.2. The van der Waals surface area contributed by atoms with Gasteiger partial charge in [0.15, 0.2) is 0 Å². The summed E-state index contributed by atoms with van der Waals surface area (Å²) in [5.41, 5.74) is 0.0536. The van der Waals surface area contributed by atoms with Crippen molar-refractivity contribution in [2.24, 2.45) is 11.8 Å². The summed E-state index contributed by atoms with van der Waals surface area (Å²) < 4.78 is 14.4. The Balaban J connectivity index is 1.50. The number of anilines is 2. The van der Waals surface area contributed by atoms with Crippen LogP contribution in [0.5, 0.6) is 5.75 Å². The Labute approximate surface area is 214 Å². The van der Waals surface area contributed by atoms with E-state index in [0.29, 0.717) is 5.69 Å². The Hall–Kier alpha value is -3.46. The molecule has 0 saturated carbocycles. The molecule has 7 nitrogen and oxygen atoms in total. The maximum Gasteiger partial charge on any atom is 0.250 e. The largest absolute Gasteiger partial charge is 0.508 e. The van der Waals surface area contributed by atoms with E-state index in [9.17, 15) is 23.9 Å². The van der Waals surface area contributed by atoms with Gasteiger partial charge in [0, 0.05) is 17.3 Å². The van der Waals surface area contributed by atoms with E-state index >= 15 is 0 Å². The lowest BCUT2D eigenvalue weighted by atomic mass is 9.76. The number of nitrogens with zero attached hydrogens (tertiary/aromatic N) is 1. The molecule has 1 spiro atoms. The van der Waals surface area contributed by atoms with Crippen LogP contribution in [-0.4, -0.2) is 28.9 Å². The Morgan fingerprint density at radius 2 is 1.69 bits per heavy atom. The van der Waals surface area contributed by atoms with Crippen molar-refractivity contribution in [1.29, 1.82) is 0 Å². The van der Waals surface area contributed by atoms with Gasteiger partial charge in [-0.15, -0.1) is 0 Å². The Morgan fingerprint density at radius 1 is 0.944 bits per heavy atom. The number of hydrogen-bond acceptors (Lipinski definition) is 5. The average Bonchev–Trinajstić information content (AvgIpc) is 3.42. The highest BCUT2D eigenvalue weighted by atomic mass is 35.5. The molecule has 0 radical (unpaired) electrons. The van der Waals surface area contributed by atoms with Gasteiger partial charge in [-0.25, -0.2) is 9.29 Å². The number of carbonyl (C=O) groups is 3. The van der Waals surface area contributed by atoms with Gasteiger partial charge in [0.05, 0.1) is 27.6 Å². The molecule has 3 N–H and O–H groups in total. The molecule has 3 aromatic carbocycles. The van der Waals surface area contributed by atoms with Crippen molar-refractivity contribution in [3.63, 3.8) is 0 Å². The Kier molecular flexibility index (Phi) is 5.12. The topological polar surface area (TPSA) is 98.7 Å². The van der Waals surface area contributed by atoms with Crippen LogP contribution in [0.2, 0.25) is 10.0 Å². The van der Waals surface area contributed by atoms with Gasteiger partial charge < -0.3 is 10.4 Å². The van der Waals surface area contributed by atoms with E-state index in [4.69, 9.17) is 23.2 Å². The van der Waals surface area contributed by atoms with Crippen LogP contribution in [0.1, 0.15) is 11.1 Å². The molecule has 2 fully saturated rings. The van der Waals surface area contributed by atoms with Crippen LogP contribution in [0.4, 0.5) is 15.8 Å². The van der Waals surface area contributed by atoms with E-state index < -0.39 is 47.0 Å². The van der Waals surface area contributed by atoms with E-state index in [0.717, 1.165) is 10.5 Å². The molecule has 3 aliphatic rings. The SMILES string of the molecule is O=C1[C@H]2C(Cc3ccc(O)cc3)NC3(C(=O)Nc4ccc(F)cc43)[C@H]2C(=O)N1c1ccc(Cl)c(Cl)c1. The van der Waals surface area contributed by atoms with Crippen LogP contribution in [0, 0.1) is 17.7 Å². The van der Waals surface area contributed by atoms with Crippen LogP contribution < -0.4 is 15.5 Å². The third kappa shape index (κ3) is 3.18. The smallest absolute Gasteiger partial charge is 0.250 e. The molecule has 3 amide bonds. The number of imide groups is 1. The van der Waals surface area contributed by atoms with Gasteiger partial charge in [0.2, 0.25) is 17.7 Å². The lowest BCUT2D eigenvalue weighted by Crippen LogP contribution is -2.53. The van der Waals surface area contributed by atoms with Crippen molar-refractivity contribution in [3.05, 3.63) is 87.7 Å². The molecule has 182 valence electrons. The fraction of sp³-hybridized carbons (Fsp3) is 0.192. The summed E-state index contributed by atoms with van der Waals surface area (Å²) in [5.74, 6) is -4.12. The number of phenolic OH excluding ortho intramolecular Hbond substituents is 1. The number of rotatable bonds is 3. The molecule has 4 atom stereocenters. The lowest BCUT2D eigenvalue weighted by molar-refractivity contribution is -0.130. The standard InChI is InChI=1S/C26H18Cl2FN3O4/c27-17-7-4-14(11-18(17)28)32-23(34)21-20(9-12-1-5-15(33)6-2-12)31-26(22(21)24(32)35)16-10-13(29)3-8-19(16)30-25(26)36/h1-8,10-11,20-22,31,33H,9H2,(H,30,36)/t20?,21-,22+,26?/m0/s1. The second-order valence-electron chi connectivity index (χ2n) is 9.19. The molecule has 2 saturated heterocycles. The first-order chi connectivity index (χ1) is 17.2. The molecule has 10 heteroatoms. The highest BCUT2D eigenvalue weighted by Gasteiger charge is 2.70. The summed E-state index contributed by atoms with van der Waals surface area (Å²) in [7, 11) is 0. The van der Waals surface area contributed by atoms with Crippen LogP contribution in [0.25, 0.3) is 0 Å². The van der Waals surface area contributed by atoms with E-state index in [1.54, 1.807) is 12.1 Å². The maximum atomic E-state index is 14.4. The Bertz CT molecular complexity index is 1460. The van der Waals surface area contributed by atoms with Gasteiger partial charge in [0.1, 0.15) is 17.1 Å². The van der Waals surface area contributed by atoms with Gasteiger partial charge in [-0.05, 0) is 60.5 Å². The monoisotopic (exact) mass is 525 g/mol. The summed E-state index contributed by atoms with van der Waals surface area (Å²) in [6, 6.07) is 14.1. The zero-order chi connectivity index (χ0) is 25.4. The summed E-state index contributed by atoms with van der Waals surface area (Å²) in [6.07, 6.45) is 0.287. The number of hydrogen-bond donors (Lipinski definition) is 3. The predicted molar refractivity (Wildman–Crippen MR) is 131 cm³/mol. The minimum atomic E-state index is -1.64. The number of nitrogens with one attached hydrogen (secondary N) is 2. The van der Waals surface area contributed by atoms with Crippen LogP contribution in [-0.2, 0) is 26.3 Å². The zero-order valence-corrected chi connectivity index (χ0v) is 20.0. The van der Waals surface area contributed by atoms with Crippen LogP contribution in [0.3, 0.4) is 0 Å². The molecule has 36 heavy (non-hydrogen) atoms. The third-order valence-electron chi connectivity index (χ3n) is 7.23. The summed E-state index contributed by atoms with van der Waals surface area (Å²) >= 11 is 12.2. The number of phenols is 1. The van der Waals surface area contributed by atoms with Crippen molar-refractivity contribution >= 4 is 52.3 Å². The van der Waals surface area contributed by atoms with Crippen molar-refractivity contribution < 1.29 is 23.9 Å². The second kappa shape index (κ2) is 8.03. The van der Waals surface area contributed by atoms with Crippen molar-refractivity contribution in [3.8, 4) is 5.75 Å². The molecule has 3 aliphatic heterocycles. The summed E-state index contributed by atoms with van der Waals surface area (Å²) in [5, 5.41) is 16.1. The fourth-order valence-electron chi connectivity index (χ4n) is 5.71. The number of amides is 3. The van der Waals surface area contributed by atoms with Crippen molar-refractivity contribution in [2.75, 3.05) is 10.2 Å². The third-order valence-corrected chi connectivity index (χ3v) is 7.97. The van der Waals surface area contributed by atoms with Crippen LogP contribution in [0.15, 0.2) is 60.7 Å². The molecular formula is C26H18Cl2FN3O4. The van der Waals surface area contributed by atoms with Gasteiger partial charge in [-0.3, -0.25) is 19.7 Å². The summed E-state index contributed by atoms with van der Waals surface area (Å²) in [4.78, 5) is 42.3. The molecule has 2 unspecified atom stereocenters. The minimum Gasteiger partial charge on any atom is -0.508 e. The molecule has 6 rings (SSSR count). The molecule has 3 aromatic rings. The molecule has 0 aromatic heterocycles. The zero-order valence-electron chi connectivity index (χ0n) is 18.5. The lowest BCUT2D eigenvalue weighted by Gasteiger charge is -2.29. The number of halogens is 3. The number of carbonyl (C=O) groups excluding carboxylic acids is 3. The highest BCUT2D eigenvalue weighted by molar-refractivity contribution is 6.42. The van der Waals surface area contributed by atoms with E-state index in [1.165, 1.54) is 48.5 Å². The van der Waals surface area contributed by atoms with Crippen LogP contribution >= 0.6 is 23.2 Å². The second-order valence-corrected chi connectivity index (χ2v) is 10.0. The van der Waals surface area contributed by atoms with Gasteiger partial charge in [-0.2, -0.15) is 0 Å². The molecular weight excluding hydrogens is 508 g/mol. The van der Waals surface area contributed by atoms with Gasteiger partial charge in [-0.1, -0.05) is 35.3 Å². The number of aromatic hydroxyl groups is 1. The van der Waals surface area contributed by atoms with E-state index in [2.05, 4.69) is 10.6 Å². The normalized spacial score (nSPS) is 26.5. The predicted octanol–water partition coefficient (Wildman–Crippen LogP) is 4.01. The van der Waals surface area contributed by atoms with Gasteiger partial charge >= 0.3 is 0 Å². The molecule has 0 aliphatic carbocycles. The quantitative estimate of drug-likeness (QED) is 0.449. The average molecular weight is 526 g/mol. The van der Waals surface area contributed by atoms with Gasteiger partial charge in [0.25, 0.3) is 0 Å². The van der Waals surface area contributed by atoms with E-state index in [1.807, 2.05) is 0 Å². The molecule has 3 heterocycles. The molecule has 0 bridgehead atoms.